The SMILES string of the molecule is C=C(c1ccccc1)c1ccccc1NC(=O)OCC. The van der Waals surface area contributed by atoms with Gasteiger partial charge in [0.15, 0.2) is 0 Å². The zero-order valence-electron chi connectivity index (χ0n) is 11.4. The highest BCUT2D eigenvalue weighted by atomic mass is 16.5. The molecule has 1 N–H and O–H groups in total. The number of benzene rings is 2. The third-order valence-corrected chi connectivity index (χ3v) is 2.89. The molecule has 0 aliphatic heterocycles. The molecule has 2 rings (SSSR count). The van der Waals surface area contributed by atoms with Crippen LogP contribution in [0.3, 0.4) is 0 Å². The topological polar surface area (TPSA) is 38.3 Å². The summed E-state index contributed by atoms with van der Waals surface area (Å²) in [7, 11) is 0. The summed E-state index contributed by atoms with van der Waals surface area (Å²) in [6.07, 6.45) is -0.458. The second kappa shape index (κ2) is 6.57. The van der Waals surface area contributed by atoms with Gasteiger partial charge in [0, 0.05) is 5.56 Å². The summed E-state index contributed by atoms with van der Waals surface area (Å²) in [5, 5.41) is 2.74. The van der Waals surface area contributed by atoms with Gasteiger partial charge in [-0.15, -0.1) is 0 Å². The second-order valence-electron chi connectivity index (χ2n) is 4.24. The summed E-state index contributed by atoms with van der Waals surface area (Å²) in [5.74, 6) is 0. The highest BCUT2D eigenvalue weighted by Crippen LogP contribution is 2.27. The zero-order valence-corrected chi connectivity index (χ0v) is 11.4. The van der Waals surface area contributed by atoms with Crippen molar-refractivity contribution in [3.63, 3.8) is 0 Å². The van der Waals surface area contributed by atoms with Crippen molar-refractivity contribution in [1.29, 1.82) is 0 Å². The lowest BCUT2D eigenvalue weighted by Gasteiger charge is -2.13. The first-order valence-corrected chi connectivity index (χ1v) is 6.50. The van der Waals surface area contributed by atoms with Gasteiger partial charge in [-0.05, 0) is 24.1 Å². The zero-order chi connectivity index (χ0) is 14.4. The third kappa shape index (κ3) is 3.26. The first kappa shape index (κ1) is 13.9. The van der Waals surface area contributed by atoms with E-state index in [0.717, 1.165) is 16.7 Å². The minimum absolute atomic E-state index is 0.341. The first-order valence-electron chi connectivity index (χ1n) is 6.50. The van der Waals surface area contributed by atoms with E-state index in [-0.39, 0.29) is 0 Å². The van der Waals surface area contributed by atoms with Crippen LogP contribution in [0.4, 0.5) is 10.5 Å². The van der Waals surface area contributed by atoms with E-state index in [1.807, 2.05) is 54.6 Å². The molecule has 0 spiro atoms. The molecule has 0 saturated heterocycles. The van der Waals surface area contributed by atoms with Gasteiger partial charge in [-0.25, -0.2) is 4.79 Å². The van der Waals surface area contributed by atoms with Crippen LogP contribution in [0.15, 0.2) is 61.2 Å². The van der Waals surface area contributed by atoms with E-state index in [1.165, 1.54) is 0 Å². The molecule has 1 amide bonds. The fraction of sp³-hybridized carbons (Fsp3) is 0.118. The van der Waals surface area contributed by atoms with Gasteiger partial charge >= 0.3 is 6.09 Å². The van der Waals surface area contributed by atoms with Gasteiger partial charge < -0.3 is 4.74 Å². The molecule has 0 fully saturated rings. The number of ether oxygens (including phenoxy) is 1. The lowest BCUT2D eigenvalue weighted by atomic mass is 9.98. The molecule has 0 aliphatic rings. The Kier molecular flexibility index (Phi) is 4.56. The van der Waals surface area contributed by atoms with Crippen LogP contribution in [0.25, 0.3) is 5.57 Å². The monoisotopic (exact) mass is 267 g/mol. The standard InChI is InChI=1S/C17H17NO2/c1-3-20-17(19)18-16-12-8-7-11-15(16)13(2)14-9-5-4-6-10-14/h4-12H,2-3H2,1H3,(H,18,19). The molecule has 0 saturated carbocycles. The maximum absolute atomic E-state index is 11.6. The maximum Gasteiger partial charge on any atom is 0.411 e. The average Bonchev–Trinajstić information content (AvgIpc) is 2.48. The highest BCUT2D eigenvalue weighted by molar-refractivity contribution is 5.92. The van der Waals surface area contributed by atoms with E-state index >= 15 is 0 Å². The van der Waals surface area contributed by atoms with Crippen molar-refractivity contribution in [2.75, 3.05) is 11.9 Å². The summed E-state index contributed by atoms with van der Waals surface area (Å²) >= 11 is 0. The van der Waals surface area contributed by atoms with Gasteiger partial charge in [0.1, 0.15) is 0 Å². The van der Waals surface area contributed by atoms with E-state index in [0.29, 0.717) is 12.3 Å². The van der Waals surface area contributed by atoms with E-state index in [2.05, 4.69) is 11.9 Å². The highest BCUT2D eigenvalue weighted by Gasteiger charge is 2.10. The Morgan fingerprint density at radius 2 is 1.75 bits per heavy atom. The fourth-order valence-corrected chi connectivity index (χ4v) is 1.93. The molecule has 3 nitrogen and oxygen atoms in total. The summed E-state index contributed by atoms with van der Waals surface area (Å²) in [4.78, 5) is 11.6. The Morgan fingerprint density at radius 1 is 1.10 bits per heavy atom. The minimum Gasteiger partial charge on any atom is -0.450 e. The second-order valence-corrected chi connectivity index (χ2v) is 4.24. The van der Waals surface area contributed by atoms with Crippen LogP contribution >= 0.6 is 0 Å². The predicted molar refractivity (Wildman–Crippen MR) is 81.7 cm³/mol. The normalized spacial score (nSPS) is 9.85. The van der Waals surface area contributed by atoms with E-state index in [1.54, 1.807) is 6.92 Å². The predicted octanol–water partition coefficient (Wildman–Crippen LogP) is 4.32. The van der Waals surface area contributed by atoms with Crippen molar-refractivity contribution < 1.29 is 9.53 Å². The largest absolute Gasteiger partial charge is 0.450 e. The molecular formula is C17H17NO2. The van der Waals surface area contributed by atoms with E-state index in [4.69, 9.17) is 4.74 Å². The third-order valence-electron chi connectivity index (χ3n) is 2.89. The molecule has 0 radical (unpaired) electrons. The van der Waals surface area contributed by atoms with Gasteiger partial charge in [-0.3, -0.25) is 5.32 Å². The molecule has 102 valence electrons. The number of nitrogens with one attached hydrogen (secondary N) is 1. The average molecular weight is 267 g/mol. The van der Waals surface area contributed by atoms with Crippen LogP contribution in [0.2, 0.25) is 0 Å². The molecule has 3 heteroatoms. The van der Waals surface area contributed by atoms with Gasteiger partial charge in [0.25, 0.3) is 0 Å². The van der Waals surface area contributed by atoms with Crippen LogP contribution in [0, 0.1) is 0 Å². The number of para-hydroxylation sites is 1. The molecule has 0 bridgehead atoms. The molecule has 20 heavy (non-hydrogen) atoms. The molecule has 2 aromatic carbocycles. The Balaban J connectivity index is 2.28. The molecular weight excluding hydrogens is 250 g/mol. The Hall–Kier alpha value is -2.55. The molecule has 0 heterocycles. The van der Waals surface area contributed by atoms with Crippen LogP contribution in [-0.4, -0.2) is 12.7 Å². The van der Waals surface area contributed by atoms with Gasteiger partial charge in [0.2, 0.25) is 0 Å². The quantitative estimate of drug-likeness (QED) is 0.896. The van der Waals surface area contributed by atoms with Crippen LogP contribution in [0.1, 0.15) is 18.1 Å². The number of rotatable bonds is 4. The number of anilines is 1. The summed E-state index contributed by atoms with van der Waals surface area (Å²) in [6.45, 7) is 6.23. The van der Waals surface area contributed by atoms with Crippen molar-refractivity contribution in [2.24, 2.45) is 0 Å². The number of hydrogen-bond acceptors (Lipinski definition) is 2. The van der Waals surface area contributed by atoms with Crippen LogP contribution in [0.5, 0.6) is 0 Å². The molecule has 0 aliphatic carbocycles. The smallest absolute Gasteiger partial charge is 0.411 e. The fourth-order valence-electron chi connectivity index (χ4n) is 1.93. The molecule has 2 aromatic rings. The Bertz CT molecular complexity index is 605. The number of hydrogen-bond donors (Lipinski definition) is 1. The molecule has 0 atom stereocenters. The number of carbonyl (C=O) groups excluding carboxylic acids is 1. The molecule has 0 aromatic heterocycles. The Labute approximate surface area is 118 Å². The van der Waals surface area contributed by atoms with Crippen molar-refractivity contribution in [1.82, 2.24) is 0 Å². The molecule has 0 unspecified atom stereocenters. The summed E-state index contributed by atoms with van der Waals surface area (Å²) in [6, 6.07) is 17.4. The van der Waals surface area contributed by atoms with Gasteiger partial charge in [0.05, 0.1) is 12.3 Å². The van der Waals surface area contributed by atoms with Crippen molar-refractivity contribution >= 4 is 17.4 Å². The summed E-state index contributed by atoms with van der Waals surface area (Å²) in [5.41, 5.74) is 3.45. The van der Waals surface area contributed by atoms with E-state index < -0.39 is 6.09 Å². The Morgan fingerprint density at radius 3 is 2.45 bits per heavy atom. The maximum atomic E-state index is 11.6. The lowest BCUT2D eigenvalue weighted by Crippen LogP contribution is -2.14. The number of carbonyl (C=O) groups is 1. The summed E-state index contributed by atoms with van der Waals surface area (Å²) < 4.78 is 4.91. The van der Waals surface area contributed by atoms with Crippen molar-refractivity contribution in [3.8, 4) is 0 Å². The lowest BCUT2D eigenvalue weighted by molar-refractivity contribution is 0.168. The van der Waals surface area contributed by atoms with Crippen LogP contribution < -0.4 is 5.32 Å². The van der Waals surface area contributed by atoms with Crippen molar-refractivity contribution in [3.05, 3.63) is 72.3 Å². The first-order chi connectivity index (χ1) is 9.72. The van der Waals surface area contributed by atoms with E-state index in [9.17, 15) is 4.79 Å². The minimum atomic E-state index is -0.458. The number of amides is 1. The van der Waals surface area contributed by atoms with Crippen LogP contribution in [-0.2, 0) is 4.74 Å². The van der Waals surface area contributed by atoms with Crippen molar-refractivity contribution in [2.45, 2.75) is 6.92 Å². The van der Waals surface area contributed by atoms with Gasteiger partial charge in [-0.1, -0.05) is 55.1 Å². The van der Waals surface area contributed by atoms with Gasteiger partial charge in [-0.2, -0.15) is 0 Å².